The van der Waals surface area contributed by atoms with Crippen LogP contribution in [0.4, 0.5) is 0 Å². The normalized spacial score (nSPS) is 11.9. The molecule has 4 nitrogen and oxygen atoms in total. The Labute approximate surface area is 115 Å². The molecule has 1 rings (SSSR count). The summed E-state index contributed by atoms with van der Waals surface area (Å²) >= 11 is 11.8. The number of benzene rings is 1. The Kier molecular flexibility index (Phi) is 5.44. The number of hydrogen-bond acceptors (Lipinski definition) is 2. The summed E-state index contributed by atoms with van der Waals surface area (Å²) in [6, 6.07) is 5.07. The molecule has 0 bridgehead atoms. The van der Waals surface area contributed by atoms with E-state index < -0.39 is 5.97 Å². The van der Waals surface area contributed by atoms with Crippen molar-refractivity contribution in [2.45, 2.75) is 13.3 Å². The van der Waals surface area contributed by atoms with Crippen LogP contribution in [-0.4, -0.2) is 23.5 Å². The molecule has 0 heterocycles. The number of carbonyl (C=O) groups excluding carboxylic acids is 1. The Bertz CT molecular complexity index is 463. The van der Waals surface area contributed by atoms with E-state index in [0.717, 1.165) is 5.56 Å². The van der Waals surface area contributed by atoms with Gasteiger partial charge in [0.25, 0.3) is 0 Å². The van der Waals surface area contributed by atoms with Gasteiger partial charge in [-0.05, 0) is 24.1 Å². The number of halogens is 2. The molecule has 98 valence electrons. The zero-order valence-electron chi connectivity index (χ0n) is 9.74. The quantitative estimate of drug-likeness (QED) is 0.875. The molecule has 1 aromatic rings. The highest BCUT2D eigenvalue weighted by molar-refractivity contribution is 6.35. The van der Waals surface area contributed by atoms with Gasteiger partial charge >= 0.3 is 5.97 Å². The molecule has 1 aromatic carbocycles. The van der Waals surface area contributed by atoms with Crippen molar-refractivity contribution in [3.63, 3.8) is 0 Å². The van der Waals surface area contributed by atoms with E-state index in [-0.39, 0.29) is 18.4 Å². The van der Waals surface area contributed by atoms with Crippen LogP contribution in [0.1, 0.15) is 12.5 Å². The lowest BCUT2D eigenvalue weighted by molar-refractivity contribution is -0.138. The van der Waals surface area contributed by atoms with Gasteiger partial charge in [-0.1, -0.05) is 36.2 Å². The van der Waals surface area contributed by atoms with Crippen molar-refractivity contribution in [3.8, 4) is 0 Å². The number of aliphatic carboxylic acids is 1. The Morgan fingerprint density at radius 1 is 1.39 bits per heavy atom. The van der Waals surface area contributed by atoms with E-state index in [1.165, 1.54) is 0 Å². The molecule has 1 unspecified atom stereocenters. The average molecular weight is 290 g/mol. The number of hydrogen-bond donors (Lipinski definition) is 2. The van der Waals surface area contributed by atoms with Crippen molar-refractivity contribution >= 4 is 35.1 Å². The molecule has 0 fully saturated rings. The van der Waals surface area contributed by atoms with E-state index in [4.69, 9.17) is 28.3 Å². The third-order valence-corrected chi connectivity index (χ3v) is 2.99. The standard InChI is InChI=1S/C12H13Cl2NO3/c1-7(12(18)15-6-11(16)17)4-8-2-3-9(13)5-10(8)14/h2-3,5,7H,4,6H2,1H3,(H,15,18)(H,16,17). The smallest absolute Gasteiger partial charge is 0.322 e. The Morgan fingerprint density at radius 2 is 2.06 bits per heavy atom. The van der Waals surface area contributed by atoms with Crippen molar-refractivity contribution in [2.24, 2.45) is 5.92 Å². The minimum Gasteiger partial charge on any atom is -0.480 e. The van der Waals surface area contributed by atoms with Gasteiger partial charge in [-0.2, -0.15) is 0 Å². The largest absolute Gasteiger partial charge is 0.480 e. The number of rotatable bonds is 5. The zero-order valence-corrected chi connectivity index (χ0v) is 11.3. The molecule has 0 aliphatic heterocycles. The summed E-state index contributed by atoms with van der Waals surface area (Å²) in [5, 5.41) is 11.8. The first-order valence-electron chi connectivity index (χ1n) is 5.33. The number of carboxylic acid groups (broad SMARTS) is 1. The highest BCUT2D eigenvalue weighted by Gasteiger charge is 2.15. The van der Waals surface area contributed by atoms with Crippen LogP contribution in [0.25, 0.3) is 0 Å². The van der Waals surface area contributed by atoms with Crippen molar-refractivity contribution in [1.82, 2.24) is 5.32 Å². The highest BCUT2D eigenvalue weighted by atomic mass is 35.5. The molecule has 0 radical (unpaired) electrons. The Hall–Kier alpha value is -1.26. The fourth-order valence-electron chi connectivity index (χ4n) is 1.45. The van der Waals surface area contributed by atoms with Crippen LogP contribution in [0.15, 0.2) is 18.2 Å². The van der Waals surface area contributed by atoms with Crippen molar-refractivity contribution in [3.05, 3.63) is 33.8 Å². The predicted molar refractivity (Wildman–Crippen MR) is 70.0 cm³/mol. The van der Waals surface area contributed by atoms with Gasteiger partial charge in [0.1, 0.15) is 6.54 Å². The van der Waals surface area contributed by atoms with E-state index in [9.17, 15) is 9.59 Å². The number of carbonyl (C=O) groups is 2. The van der Waals surface area contributed by atoms with Gasteiger partial charge in [0.05, 0.1) is 0 Å². The van der Waals surface area contributed by atoms with Gasteiger partial charge in [0, 0.05) is 16.0 Å². The van der Waals surface area contributed by atoms with E-state index in [1.54, 1.807) is 25.1 Å². The first-order chi connectivity index (χ1) is 8.40. The summed E-state index contributed by atoms with van der Waals surface area (Å²) in [7, 11) is 0. The second kappa shape index (κ2) is 6.61. The molecule has 0 saturated heterocycles. The molecule has 0 aliphatic carbocycles. The van der Waals surface area contributed by atoms with Gasteiger partial charge < -0.3 is 10.4 Å². The zero-order chi connectivity index (χ0) is 13.7. The number of nitrogens with one attached hydrogen (secondary N) is 1. The lowest BCUT2D eigenvalue weighted by atomic mass is 10.0. The first kappa shape index (κ1) is 14.8. The fraction of sp³-hybridized carbons (Fsp3) is 0.333. The van der Waals surface area contributed by atoms with Crippen LogP contribution in [0.3, 0.4) is 0 Å². The number of amides is 1. The van der Waals surface area contributed by atoms with Crippen molar-refractivity contribution in [1.29, 1.82) is 0 Å². The van der Waals surface area contributed by atoms with E-state index >= 15 is 0 Å². The summed E-state index contributed by atoms with van der Waals surface area (Å²) in [4.78, 5) is 21.9. The maximum atomic E-state index is 11.6. The molecule has 0 spiro atoms. The fourth-order valence-corrected chi connectivity index (χ4v) is 1.93. The molecular formula is C12H13Cl2NO3. The predicted octanol–water partition coefficient (Wildman–Crippen LogP) is 2.37. The van der Waals surface area contributed by atoms with E-state index in [1.807, 2.05) is 0 Å². The van der Waals surface area contributed by atoms with Crippen LogP contribution >= 0.6 is 23.2 Å². The molecule has 1 amide bonds. The summed E-state index contributed by atoms with van der Waals surface area (Å²) in [6.45, 7) is 1.33. The molecule has 1 atom stereocenters. The Balaban J connectivity index is 2.60. The maximum Gasteiger partial charge on any atom is 0.322 e. The Morgan fingerprint density at radius 3 is 2.61 bits per heavy atom. The summed E-state index contributed by atoms with van der Waals surface area (Å²) in [5.74, 6) is -1.74. The molecule has 2 N–H and O–H groups in total. The third-order valence-electron chi connectivity index (χ3n) is 2.40. The SMILES string of the molecule is CC(Cc1ccc(Cl)cc1Cl)C(=O)NCC(=O)O. The minimum atomic E-state index is -1.07. The molecule has 0 aromatic heterocycles. The van der Waals surface area contributed by atoms with Crippen molar-refractivity contribution in [2.75, 3.05) is 6.54 Å². The van der Waals surface area contributed by atoms with Gasteiger partial charge in [-0.25, -0.2) is 0 Å². The minimum absolute atomic E-state index is 0.316. The van der Waals surface area contributed by atoms with E-state index in [0.29, 0.717) is 16.5 Å². The summed E-state index contributed by atoms with van der Waals surface area (Å²) < 4.78 is 0. The number of carboxylic acids is 1. The van der Waals surface area contributed by atoms with Gasteiger partial charge in [-0.3, -0.25) is 9.59 Å². The molecule has 6 heteroatoms. The second-order valence-electron chi connectivity index (χ2n) is 3.95. The van der Waals surface area contributed by atoms with Crippen LogP contribution in [0, 0.1) is 5.92 Å². The van der Waals surface area contributed by atoms with Crippen LogP contribution in [-0.2, 0) is 16.0 Å². The topological polar surface area (TPSA) is 66.4 Å². The van der Waals surface area contributed by atoms with E-state index in [2.05, 4.69) is 5.32 Å². The van der Waals surface area contributed by atoms with Gasteiger partial charge in [0.15, 0.2) is 0 Å². The molecular weight excluding hydrogens is 277 g/mol. The van der Waals surface area contributed by atoms with Gasteiger partial charge in [0.2, 0.25) is 5.91 Å². The molecule has 0 aliphatic rings. The van der Waals surface area contributed by atoms with Crippen LogP contribution < -0.4 is 5.32 Å². The van der Waals surface area contributed by atoms with Gasteiger partial charge in [-0.15, -0.1) is 0 Å². The lowest BCUT2D eigenvalue weighted by Crippen LogP contribution is -2.34. The third kappa shape index (κ3) is 4.55. The second-order valence-corrected chi connectivity index (χ2v) is 4.80. The van der Waals surface area contributed by atoms with Crippen LogP contribution in [0.2, 0.25) is 10.0 Å². The maximum absolute atomic E-state index is 11.6. The van der Waals surface area contributed by atoms with Crippen LogP contribution in [0.5, 0.6) is 0 Å². The van der Waals surface area contributed by atoms with Crippen molar-refractivity contribution < 1.29 is 14.7 Å². The summed E-state index contributed by atoms with van der Waals surface area (Å²) in [6.07, 6.45) is 0.432. The summed E-state index contributed by atoms with van der Waals surface area (Å²) in [5.41, 5.74) is 0.805. The highest BCUT2D eigenvalue weighted by Crippen LogP contribution is 2.23. The lowest BCUT2D eigenvalue weighted by Gasteiger charge is -2.12. The monoisotopic (exact) mass is 289 g/mol. The molecule has 18 heavy (non-hydrogen) atoms. The molecule has 0 saturated carbocycles. The average Bonchev–Trinajstić information content (AvgIpc) is 2.29. The first-order valence-corrected chi connectivity index (χ1v) is 6.09.